The third-order valence-electron chi connectivity index (χ3n) is 3.33. The van der Waals surface area contributed by atoms with Crippen LogP contribution in [0.1, 0.15) is 25.8 Å². The van der Waals surface area contributed by atoms with Gasteiger partial charge in [-0.15, -0.1) is 0 Å². The number of nitrogens with two attached hydrogens (primary N) is 2. The minimum atomic E-state index is 0.233. The third-order valence-corrected chi connectivity index (χ3v) is 3.33. The highest BCUT2D eigenvalue weighted by Gasteiger charge is 2.11. The van der Waals surface area contributed by atoms with Crippen molar-refractivity contribution >= 4 is 5.69 Å². The van der Waals surface area contributed by atoms with Crippen LogP contribution in [0.25, 0.3) is 0 Å². The molecule has 1 aromatic rings. The number of pyridine rings is 1. The van der Waals surface area contributed by atoms with E-state index in [1.54, 1.807) is 6.20 Å². The van der Waals surface area contributed by atoms with Crippen molar-refractivity contribution in [1.82, 2.24) is 15.3 Å². The summed E-state index contributed by atoms with van der Waals surface area (Å²) >= 11 is 0. The molecule has 0 saturated heterocycles. The molecule has 18 heavy (non-hydrogen) atoms. The Labute approximate surface area is 110 Å². The minimum absolute atomic E-state index is 0.233. The van der Waals surface area contributed by atoms with E-state index in [1.165, 1.54) is 0 Å². The lowest BCUT2D eigenvalue weighted by Crippen LogP contribution is -2.40. The largest absolute Gasteiger partial charge is 0.398 e. The highest BCUT2D eigenvalue weighted by Crippen LogP contribution is 2.12. The van der Waals surface area contributed by atoms with E-state index in [0.29, 0.717) is 0 Å². The lowest BCUT2D eigenvalue weighted by atomic mass is 10.0. The summed E-state index contributed by atoms with van der Waals surface area (Å²) in [6, 6.07) is 2.06. The molecule has 0 aromatic carbocycles. The fraction of sp³-hybridized carbons (Fsp3) is 0.615. The van der Waals surface area contributed by atoms with Gasteiger partial charge in [0.1, 0.15) is 0 Å². The summed E-state index contributed by atoms with van der Waals surface area (Å²) in [6.07, 6.45) is 5.35. The van der Waals surface area contributed by atoms with Crippen LogP contribution in [0.2, 0.25) is 0 Å². The van der Waals surface area contributed by atoms with Gasteiger partial charge in [-0.3, -0.25) is 16.3 Å². The molecule has 0 radical (unpaired) electrons. The number of nitrogens with one attached hydrogen (secondary N) is 1. The van der Waals surface area contributed by atoms with Gasteiger partial charge in [0.15, 0.2) is 0 Å². The first kappa shape index (κ1) is 14.9. The fourth-order valence-electron chi connectivity index (χ4n) is 2.00. The molecular weight excluding hydrogens is 226 g/mol. The van der Waals surface area contributed by atoms with E-state index in [0.717, 1.165) is 43.7 Å². The molecule has 0 aliphatic heterocycles. The van der Waals surface area contributed by atoms with E-state index >= 15 is 0 Å². The highest BCUT2D eigenvalue weighted by atomic mass is 15.2. The number of rotatable bonds is 8. The second-order valence-electron chi connectivity index (χ2n) is 4.46. The second-order valence-corrected chi connectivity index (χ2v) is 4.46. The van der Waals surface area contributed by atoms with Gasteiger partial charge in [0.2, 0.25) is 0 Å². The van der Waals surface area contributed by atoms with Gasteiger partial charge in [-0.2, -0.15) is 0 Å². The first-order valence-corrected chi connectivity index (χ1v) is 6.58. The van der Waals surface area contributed by atoms with Crippen molar-refractivity contribution in [1.29, 1.82) is 0 Å². The Bertz CT molecular complexity index is 338. The molecule has 0 spiro atoms. The molecule has 0 bridgehead atoms. The zero-order chi connectivity index (χ0) is 13.4. The smallest absolute Gasteiger partial charge is 0.0378 e. The van der Waals surface area contributed by atoms with Crippen LogP contribution in [0.3, 0.4) is 0 Å². The SMILES string of the molecule is CCN(CC)CCC(Cc1cnccc1N)NN. The first-order chi connectivity index (χ1) is 8.71. The van der Waals surface area contributed by atoms with Crippen molar-refractivity contribution in [2.24, 2.45) is 5.84 Å². The van der Waals surface area contributed by atoms with E-state index in [1.807, 2.05) is 12.3 Å². The molecule has 1 atom stereocenters. The van der Waals surface area contributed by atoms with Crippen LogP contribution in [0, 0.1) is 0 Å². The van der Waals surface area contributed by atoms with E-state index < -0.39 is 0 Å². The van der Waals surface area contributed by atoms with Gasteiger partial charge in [-0.25, -0.2) is 0 Å². The normalized spacial score (nSPS) is 12.9. The standard InChI is InChI=1S/C13H25N5/c1-3-18(4-2)8-6-12(17-15)9-11-10-16-7-5-13(11)14/h5,7,10,12,17H,3-4,6,8-9,15H2,1-2H3,(H2,14,16). The predicted octanol–water partition coefficient (Wildman–Crippen LogP) is 0.770. The second kappa shape index (κ2) is 8.02. The van der Waals surface area contributed by atoms with Gasteiger partial charge >= 0.3 is 0 Å². The van der Waals surface area contributed by atoms with Crippen LogP contribution in [0.15, 0.2) is 18.5 Å². The van der Waals surface area contributed by atoms with Gasteiger partial charge < -0.3 is 10.6 Å². The van der Waals surface area contributed by atoms with Crippen LogP contribution in [-0.2, 0) is 6.42 Å². The summed E-state index contributed by atoms with van der Waals surface area (Å²) in [6.45, 7) is 7.54. The quantitative estimate of drug-likeness (QED) is 0.470. The van der Waals surface area contributed by atoms with Crippen molar-refractivity contribution in [3.05, 3.63) is 24.0 Å². The Balaban J connectivity index is 2.49. The molecule has 102 valence electrons. The lowest BCUT2D eigenvalue weighted by Gasteiger charge is -2.22. The van der Waals surface area contributed by atoms with Crippen molar-refractivity contribution in [2.45, 2.75) is 32.7 Å². The molecule has 1 unspecified atom stereocenters. The number of nitrogen functional groups attached to an aromatic ring is 1. The Morgan fingerprint density at radius 2 is 2.11 bits per heavy atom. The number of anilines is 1. The third kappa shape index (κ3) is 4.60. The van der Waals surface area contributed by atoms with Crippen LogP contribution in [-0.4, -0.2) is 35.6 Å². The summed E-state index contributed by atoms with van der Waals surface area (Å²) in [5, 5.41) is 0. The van der Waals surface area contributed by atoms with Crippen LogP contribution in [0.5, 0.6) is 0 Å². The molecule has 0 fully saturated rings. The Morgan fingerprint density at radius 1 is 1.39 bits per heavy atom. The molecular formula is C13H25N5. The number of hydrogen-bond acceptors (Lipinski definition) is 5. The monoisotopic (exact) mass is 251 g/mol. The topological polar surface area (TPSA) is 80.2 Å². The Morgan fingerprint density at radius 3 is 2.67 bits per heavy atom. The zero-order valence-corrected chi connectivity index (χ0v) is 11.4. The summed E-state index contributed by atoms with van der Waals surface area (Å²) < 4.78 is 0. The number of aromatic nitrogens is 1. The molecule has 5 nitrogen and oxygen atoms in total. The maximum Gasteiger partial charge on any atom is 0.0378 e. The van der Waals surface area contributed by atoms with Crippen molar-refractivity contribution < 1.29 is 0 Å². The van der Waals surface area contributed by atoms with E-state index in [2.05, 4.69) is 29.2 Å². The Hall–Kier alpha value is -1.17. The summed E-state index contributed by atoms with van der Waals surface area (Å²) in [7, 11) is 0. The van der Waals surface area contributed by atoms with Crippen molar-refractivity contribution in [2.75, 3.05) is 25.4 Å². The number of hydrazine groups is 1. The number of nitrogens with zero attached hydrogens (tertiary/aromatic N) is 2. The molecule has 1 aromatic heterocycles. The molecule has 1 rings (SSSR count). The molecule has 5 heteroatoms. The average Bonchev–Trinajstić information content (AvgIpc) is 2.40. The summed E-state index contributed by atoms with van der Waals surface area (Å²) in [4.78, 5) is 6.49. The maximum absolute atomic E-state index is 5.91. The lowest BCUT2D eigenvalue weighted by molar-refractivity contribution is 0.281. The molecule has 1 heterocycles. The van der Waals surface area contributed by atoms with E-state index in [9.17, 15) is 0 Å². The predicted molar refractivity (Wildman–Crippen MR) is 75.9 cm³/mol. The number of hydrogen-bond donors (Lipinski definition) is 3. The van der Waals surface area contributed by atoms with Gasteiger partial charge in [-0.1, -0.05) is 13.8 Å². The first-order valence-electron chi connectivity index (χ1n) is 6.58. The van der Waals surface area contributed by atoms with Crippen molar-refractivity contribution in [3.8, 4) is 0 Å². The van der Waals surface area contributed by atoms with Gasteiger partial charge in [0.05, 0.1) is 0 Å². The van der Waals surface area contributed by atoms with Crippen LogP contribution in [0.4, 0.5) is 5.69 Å². The average molecular weight is 251 g/mol. The molecule has 0 aliphatic rings. The zero-order valence-electron chi connectivity index (χ0n) is 11.4. The molecule has 5 N–H and O–H groups in total. The summed E-state index contributed by atoms with van der Waals surface area (Å²) in [5.74, 6) is 5.61. The minimum Gasteiger partial charge on any atom is -0.398 e. The Kier molecular flexibility index (Phi) is 6.64. The van der Waals surface area contributed by atoms with E-state index in [-0.39, 0.29) is 6.04 Å². The summed E-state index contributed by atoms with van der Waals surface area (Å²) in [5.41, 5.74) is 10.6. The van der Waals surface area contributed by atoms with Gasteiger partial charge in [0.25, 0.3) is 0 Å². The fourth-order valence-corrected chi connectivity index (χ4v) is 2.00. The molecule has 0 amide bonds. The molecule has 0 aliphatic carbocycles. The van der Waals surface area contributed by atoms with Gasteiger partial charge in [-0.05, 0) is 44.1 Å². The van der Waals surface area contributed by atoms with Crippen LogP contribution < -0.4 is 17.0 Å². The van der Waals surface area contributed by atoms with Gasteiger partial charge in [0, 0.05) is 24.1 Å². The highest BCUT2D eigenvalue weighted by molar-refractivity contribution is 5.44. The maximum atomic E-state index is 5.91. The van der Waals surface area contributed by atoms with Crippen LogP contribution >= 0.6 is 0 Å². The van der Waals surface area contributed by atoms with Crippen molar-refractivity contribution in [3.63, 3.8) is 0 Å². The van der Waals surface area contributed by atoms with E-state index in [4.69, 9.17) is 11.6 Å². The molecule has 0 saturated carbocycles.